The highest BCUT2D eigenvalue weighted by molar-refractivity contribution is 9.10. The Bertz CT molecular complexity index is 1280. The standard InChI is InChI=1S/C23H20BrClN2O5S/c1-15-3-10-19(11-4-15)33(30,31)27(18-8-6-17(24)7-9-18)14-22(28)26-21-13-16(23(29)32-2)5-12-20(21)25/h3-13H,14H2,1-2H3,(H,26,28). The van der Waals surface area contributed by atoms with Crippen LogP contribution in [0.5, 0.6) is 0 Å². The number of amides is 1. The van der Waals surface area contributed by atoms with Crippen molar-refractivity contribution in [1.29, 1.82) is 0 Å². The van der Waals surface area contributed by atoms with Crippen LogP contribution in [0.4, 0.5) is 11.4 Å². The first-order valence-electron chi connectivity index (χ1n) is 9.64. The zero-order valence-electron chi connectivity index (χ0n) is 17.7. The minimum absolute atomic E-state index is 0.0505. The van der Waals surface area contributed by atoms with E-state index in [1.807, 2.05) is 6.92 Å². The van der Waals surface area contributed by atoms with Gasteiger partial charge in [-0.2, -0.15) is 0 Å². The van der Waals surface area contributed by atoms with Gasteiger partial charge in [0.2, 0.25) is 5.91 Å². The van der Waals surface area contributed by atoms with E-state index in [1.165, 1.54) is 37.4 Å². The van der Waals surface area contributed by atoms with E-state index in [9.17, 15) is 18.0 Å². The number of nitrogens with zero attached hydrogens (tertiary/aromatic N) is 1. The topological polar surface area (TPSA) is 92.8 Å². The lowest BCUT2D eigenvalue weighted by molar-refractivity contribution is -0.114. The van der Waals surface area contributed by atoms with Crippen molar-refractivity contribution < 1.29 is 22.7 Å². The summed E-state index contributed by atoms with van der Waals surface area (Å²) in [7, 11) is -2.82. The van der Waals surface area contributed by atoms with Crippen LogP contribution >= 0.6 is 27.5 Å². The van der Waals surface area contributed by atoms with Crippen molar-refractivity contribution in [2.75, 3.05) is 23.3 Å². The number of ether oxygens (including phenoxy) is 1. The molecule has 0 radical (unpaired) electrons. The molecule has 0 spiro atoms. The van der Waals surface area contributed by atoms with Gasteiger partial charge in [-0.3, -0.25) is 9.10 Å². The number of nitrogens with one attached hydrogen (secondary N) is 1. The molecule has 0 unspecified atom stereocenters. The number of rotatable bonds is 7. The van der Waals surface area contributed by atoms with Gasteiger partial charge in [-0.1, -0.05) is 45.2 Å². The molecule has 0 heterocycles. The first-order valence-corrected chi connectivity index (χ1v) is 12.3. The van der Waals surface area contributed by atoms with Gasteiger partial charge in [0.05, 0.1) is 34.0 Å². The van der Waals surface area contributed by atoms with Crippen LogP contribution in [0.3, 0.4) is 0 Å². The van der Waals surface area contributed by atoms with E-state index < -0.39 is 28.4 Å². The maximum Gasteiger partial charge on any atom is 0.337 e. The maximum atomic E-state index is 13.4. The molecule has 0 saturated carbocycles. The molecule has 172 valence electrons. The van der Waals surface area contributed by atoms with Crippen molar-refractivity contribution in [1.82, 2.24) is 0 Å². The Balaban J connectivity index is 1.94. The first kappa shape index (κ1) is 24.8. The fourth-order valence-corrected chi connectivity index (χ4v) is 4.80. The minimum atomic E-state index is -4.06. The molecule has 0 aromatic heterocycles. The van der Waals surface area contributed by atoms with Crippen LogP contribution in [0.25, 0.3) is 0 Å². The number of halogens is 2. The van der Waals surface area contributed by atoms with E-state index >= 15 is 0 Å². The van der Waals surface area contributed by atoms with Gasteiger partial charge in [-0.25, -0.2) is 13.2 Å². The second kappa shape index (κ2) is 10.4. The third-order valence-corrected chi connectivity index (χ3v) is 7.32. The molecule has 0 bridgehead atoms. The summed E-state index contributed by atoms with van der Waals surface area (Å²) in [6.45, 7) is 1.33. The van der Waals surface area contributed by atoms with Gasteiger partial charge in [0, 0.05) is 4.47 Å². The minimum Gasteiger partial charge on any atom is -0.465 e. The zero-order chi connectivity index (χ0) is 24.2. The number of hydrogen-bond acceptors (Lipinski definition) is 5. The van der Waals surface area contributed by atoms with Gasteiger partial charge in [0.1, 0.15) is 6.54 Å². The van der Waals surface area contributed by atoms with Crippen LogP contribution in [0.15, 0.2) is 76.1 Å². The summed E-state index contributed by atoms with van der Waals surface area (Å²) >= 11 is 9.48. The van der Waals surface area contributed by atoms with Crippen LogP contribution in [0, 0.1) is 6.92 Å². The van der Waals surface area contributed by atoms with Crippen molar-refractivity contribution in [3.05, 3.63) is 87.4 Å². The summed E-state index contributed by atoms with van der Waals surface area (Å²) in [4.78, 5) is 24.7. The average Bonchev–Trinajstić information content (AvgIpc) is 2.79. The van der Waals surface area contributed by atoms with Crippen molar-refractivity contribution in [2.45, 2.75) is 11.8 Å². The summed E-state index contributed by atoms with van der Waals surface area (Å²) < 4.78 is 33.3. The Morgan fingerprint density at radius 3 is 2.27 bits per heavy atom. The van der Waals surface area contributed by atoms with E-state index in [-0.39, 0.29) is 21.2 Å². The van der Waals surface area contributed by atoms with E-state index in [2.05, 4.69) is 26.0 Å². The van der Waals surface area contributed by atoms with Crippen LogP contribution in [-0.2, 0) is 19.6 Å². The molecule has 0 aliphatic carbocycles. The van der Waals surface area contributed by atoms with Crippen molar-refractivity contribution >= 4 is 60.8 Å². The smallest absolute Gasteiger partial charge is 0.337 e. The highest BCUT2D eigenvalue weighted by Crippen LogP contribution is 2.27. The molecule has 0 aliphatic rings. The predicted octanol–water partition coefficient (Wildman–Crippen LogP) is 5.03. The molecule has 7 nitrogen and oxygen atoms in total. The van der Waals surface area contributed by atoms with E-state index in [4.69, 9.17) is 11.6 Å². The molecule has 0 atom stereocenters. The molecule has 10 heteroatoms. The largest absolute Gasteiger partial charge is 0.465 e. The summed E-state index contributed by atoms with van der Waals surface area (Å²) in [5.74, 6) is -1.24. The third kappa shape index (κ3) is 5.93. The van der Waals surface area contributed by atoms with Gasteiger partial charge < -0.3 is 10.1 Å². The molecule has 1 N–H and O–H groups in total. The number of sulfonamides is 1. The van der Waals surface area contributed by atoms with Gasteiger partial charge in [-0.15, -0.1) is 0 Å². The Labute approximate surface area is 205 Å². The number of esters is 1. The molecular weight excluding hydrogens is 532 g/mol. The first-order chi connectivity index (χ1) is 15.6. The molecular formula is C23H20BrClN2O5S. The van der Waals surface area contributed by atoms with Gasteiger partial charge in [-0.05, 0) is 61.5 Å². The monoisotopic (exact) mass is 550 g/mol. The van der Waals surface area contributed by atoms with Crippen LogP contribution < -0.4 is 9.62 Å². The van der Waals surface area contributed by atoms with Crippen molar-refractivity contribution in [3.8, 4) is 0 Å². The lowest BCUT2D eigenvalue weighted by atomic mass is 10.2. The Morgan fingerprint density at radius 1 is 1.03 bits per heavy atom. The van der Waals surface area contributed by atoms with Crippen LogP contribution in [-0.4, -0.2) is 33.9 Å². The van der Waals surface area contributed by atoms with Gasteiger partial charge >= 0.3 is 5.97 Å². The fraction of sp³-hybridized carbons (Fsp3) is 0.130. The molecule has 3 aromatic rings. The van der Waals surface area contributed by atoms with Crippen molar-refractivity contribution in [2.24, 2.45) is 0 Å². The maximum absolute atomic E-state index is 13.4. The number of carbonyl (C=O) groups excluding carboxylic acids is 2. The molecule has 1 amide bonds. The van der Waals surface area contributed by atoms with E-state index in [0.29, 0.717) is 5.69 Å². The molecule has 0 saturated heterocycles. The van der Waals surface area contributed by atoms with Crippen molar-refractivity contribution in [3.63, 3.8) is 0 Å². The summed E-state index contributed by atoms with van der Waals surface area (Å²) in [6, 6.07) is 17.2. The third-order valence-electron chi connectivity index (χ3n) is 4.67. The molecule has 0 aliphatic heterocycles. The highest BCUT2D eigenvalue weighted by atomic mass is 79.9. The lowest BCUT2D eigenvalue weighted by Gasteiger charge is -2.24. The summed E-state index contributed by atoms with van der Waals surface area (Å²) in [6.07, 6.45) is 0. The number of benzene rings is 3. The number of methoxy groups -OCH3 is 1. The highest BCUT2D eigenvalue weighted by Gasteiger charge is 2.27. The SMILES string of the molecule is COC(=O)c1ccc(Cl)c(NC(=O)CN(c2ccc(Br)cc2)S(=O)(=O)c2ccc(C)cc2)c1. The fourth-order valence-electron chi connectivity index (χ4n) is 2.95. The average molecular weight is 552 g/mol. The lowest BCUT2D eigenvalue weighted by Crippen LogP contribution is -2.38. The number of carbonyl (C=O) groups is 2. The molecule has 3 aromatic carbocycles. The zero-order valence-corrected chi connectivity index (χ0v) is 20.9. The number of anilines is 2. The second-order valence-corrected chi connectivity index (χ2v) is 10.2. The van der Waals surface area contributed by atoms with Crippen LogP contribution in [0.1, 0.15) is 15.9 Å². The Kier molecular flexibility index (Phi) is 7.78. The number of hydrogen-bond donors (Lipinski definition) is 1. The Morgan fingerprint density at radius 2 is 1.67 bits per heavy atom. The second-order valence-electron chi connectivity index (χ2n) is 7.04. The predicted molar refractivity (Wildman–Crippen MR) is 131 cm³/mol. The summed E-state index contributed by atoms with van der Waals surface area (Å²) in [5, 5.41) is 2.77. The van der Waals surface area contributed by atoms with E-state index in [1.54, 1.807) is 36.4 Å². The molecule has 3 rings (SSSR count). The normalized spacial score (nSPS) is 11.0. The van der Waals surface area contributed by atoms with Gasteiger partial charge in [0.15, 0.2) is 0 Å². The van der Waals surface area contributed by atoms with Gasteiger partial charge in [0.25, 0.3) is 10.0 Å². The van der Waals surface area contributed by atoms with Crippen LogP contribution in [0.2, 0.25) is 5.02 Å². The number of aryl methyl sites for hydroxylation is 1. The quantitative estimate of drug-likeness (QED) is 0.416. The Hall–Kier alpha value is -2.88. The summed E-state index contributed by atoms with van der Waals surface area (Å²) in [5.41, 5.74) is 1.56. The van der Waals surface area contributed by atoms with E-state index in [0.717, 1.165) is 14.3 Å². The molecule has 0 fully saturated rings. The molecule has 33 heavy (non-hydrogen) atoms.